The third kappa shape index (κ3) is 3.10. The van der Waals surface area contributed by atoms with Crippen molar-refractivity contribution in [3.63, 3.8) is 0 Å². The largest absolute Gasteiger partial charge is 0.469 e. The summed E-state index contributed by atoms with van der Waals surface area (Å²) in [6.45, 7) is 4.37. The molecule has 1 aliphatic heterocycles. The quantitative estimate of drug-likeness (QED) is 0.765. The van der Waals surface area contributed by atoms with Crippen molar-refractivity contribution in [2.75, 3.05) is 13.7 Å². The molecule has 2 rings (SSSR count). The Hall–Kier alpha value is -1.35. The van der Waals surface area contributed by atoms with Gasteiger partial charge in [0.1, 0.15) is 0 Å². The summed E-state index contributed by atoms with van der Waals surface area (Å²) in [4.78, 5) is 13.9. The summed E-state index contributed by atoms with van der Waals surface area (Å²) in [7, 11) is 1.44. The molecule has 0 saturated carbocycles. The lowest BCUT2D eigenvalue weighted by Gasteiger charge is -2.22. The summed E-state index contributed by atoms with van der Waals surface area (Å²) >= 11 is 0. The normalized spacial score (nSPS) is 20.0. The van der Waals surface area contributed by atoms with Crippen LogP contribution in [0.4, 0.5) is 0 Å². The summed E-state index contributed by atoms with van der Waals surface area (Å²) < 4.78 is 4.75. The SMILES string of the molecule is COC(=O)Cc1ccccc1CN1CCCC1C. The Labute approximate surface area is 109 Å². The molecule has 0 aliphatic carbocycles. The molecule has 0 bridgehead atoms. The van der Waals surface area contributed by atoms with Crippen molar-refractivity contribution in [3.05, 3.63) is 35.4 Å². The van der Waals surface area contributed by atoms with Gasteiger partial charge in [0.15, 0.2) is 0 Å². The molecule has 0 spiro atoms. The van der Waals surface area contributed by atoms with Gasteiger partial charge >= 0.3 is 5.97 Å². The van der Waals surface area contributed by atoms with Gasteiger partial charge in [-0.1, -0.05) is 24.3 Å². The Morgan fingerprint density at radius 2 is 2.11 bits per heavy atom. The lowest BCUT2D eigenvalue weighted by molar-refractivity contribution is -0.139. The van der Waals surface area contributed by atoms with Crippen LogP contribution in [0.1, 0.15) is 30.9 Å². The van der Waals surface area contributed by atoms with Crippen LogP contribution in [0.15, 0.2) is 24.3 Å². The number of rotatable bonds is 4. The van der Waals surface area contributed by atoms with Crippen LogP contribution in [-0.2, 0) is 22.5 Å². The van der Waals surface area contributed by atoms with Crippen LogP contribution < -0.4 is 0 Å². The maximum atomic E-state index is 11.4. The first-order valence-electron chi connectivity index (χ1n) is 6.58. The van der Waals surface area contributed by atoms with Gasteiger partial charge in [-0.3, -0.25) is 9.69 Å². The van der Waals surface area contributed by atoms with Crippen LogP contribution in [0, 0.1) is 0 Å². The molecule has 3 heteroatoms. The van der Waals surface area contributed by atoms with Gasteiger partial charge in [-0.05, 0) is 37.4 Å². The lowest BCUT2D eigenvalue weighted by Crippen LogP contribution is -2.26. The fraction of sp³-hybridized carbons (Fsp3) is 0.533. The summed E-state index contributed by atoms with van der Waals surface area (Å²) in [5, 5.41) is 0. The van der Waals surface area contributed by atoms with E-state index in [0.29, 0.717) is 12.5 Å². The zero-order valence-corrected chi connectivity index (χ0v) is 11.2. The second-order valence-corrected chi connectivity index (χ2v) is 4.98. The molecule has 1 heterocycles. The van der Waals surface area contributed by atoms with E-state index in [9.17, 15) is 4.79 Å². The molecule has 1 saturated heterocycles. The molecule has 1 fully saturated rings. The summed E-state index contributed by atoms with van der Waals surface area (Å²) in [6.07, 6.45) is 2.92. The van der Waals surface area contributed by atoms with E-state index in [1.54, 1.807) is 0 Å². The molecule has 0 aromatic heterocycles. The van der Waals surface area contributed by atoms with Gasteiger partial charge in [0.2, 0.25) is 0 Å². The number of esters is 1. The highest BCUT2D eigenvalue weighted by atomic mass is 16.5. The number of benzene rings is 1. The zero-order valence-electron chi connectivity index (χ0n) is 11.2. The summed E-state index contributed by atoms with van der Waals surface area (Å²) in [5.41, 5.74) is 2.33. The van der Waals surface area contributed by atoms with Crippen molar-refractivity contribution < 1.29 is 9.53 Å². The van der Waals surface area contributed by atoms with Crippen LogP contribution in [-0.4, -0.2) is 30.6 Å². The topological polar surface area (TPSA) is 29.5 Å². The van der Waals surface area contributed by atoms with Crippen LogP contribution in [0.5, 0.6) is 0 Å². The highest BCUT2D eigenvalue weighted by Gasteiger charge is 2.21. The highest BCUT2D eigenvalue weighted by Crippen LogP contribution is 2.21. The van der Waals surface area contributed by atoms with Gasteiger partial charge in [-0.25, -0.2) is 0 Å². The van der Waals surface area contributed by atoms with E-state index >= 15 is 0 Å². The molecule has 0 radical (unpaired) electrons. The molecule has 0 N–H and O–H groups in total. The van der Waals surface area contributed by atoms with E-state index in [0.717, 1.165) is 18.7 Å². The Kier molecular flexibility index (Phi) is 4.37. The van der Waals surface area contributed by atoms with Crippen LogP contribution in [0.25, 0.3) is 0 Å². The molecule has 1 aromatic rings. The second kappa shape index (κ2) is 6.01. The van der Waals surface area contributed by atoms with Crippen molar-refractivity contribution in [1.29, 1.82) is 0 Å². The van der Waals surface area contributed by atoms with Crippen molar-refractivity contribution >= 4 is 5.97 Å². The molecule has 18 heavy (non-hydrogen) atoms. The van der Waals surface area contributed by atoms with E-state index in [1.165, 1.54) is 25.5 Å². The molecule has 3 nitrogen and oxygen atoms in total. The molecular formula is C15H21NO2. The third-order valence-electron chi connectivity index (χ3n) is 3.74. The number of likely N-dealkylation sites (tertiary alicyclic amines) is 1. The first kappa shape index (κ1) is 13.1. The predicted molar refractivity (Wildman–Crippen MR) is 71.3 cm³/mol. The van der Waals surface area contributed by atoms with Crippen molar-refractivity contribution in [3.8, 4) is 0 Å². The molecule has 1 unspecified atom stereocenters. The third-order valence-corrected chi connectivity index (χ3v) is 3.74. The molecule has 0 amide bonds. The standard InChI is InChI=1S/C15H21NO2/c1-12-6-5-9-16(12)11-14-8-4-3-7-13(14)10-15(17)18-2/h3-4,7-8,12H,5-6,9-11H2,1-2H3. The number of carbonyl (C=O) groups excluding carboxylic acids is 1. The van der Waals surface area contributed by atoms with E-state index in [1.807, 2.05) is 18.2 Å². The molecule has 98 valence electrons. The van der Waals surface area contributed by atoms with E-state index < -0.39 is 0 Å². The Morgan fingerprint density at radius 3 is 2.72 bits per heavy atom. The first-order chi connectivity index (χ1) is 8.70. The number of methoxy groups -OCH3 is 1. The zero-order chi connectivity index (χ0) is 13.0. The maximum absolute atomic E-state index is 11.4. The number of hydrogen-bond donors (Lipinski definition) is 0. The number of ether oxygens (including phenoxy) is 1. The Morgan fingerprint density at radius 1 is 1.39 bits per heavy atom. The smallest absolute Gasteiger partial charge is 0.309 e. The van der Waals surface area contributed by atoms with Gasteiger partial charge < -0.3 is 4.74 Å². The van der Waals surface area contributed by atoms with Crippen LogP contribution >= 0.6 is 0 Å². The average molecular weight is 247 g/mol. The van der Waals surface area contributed by atoms with Crippen molar-refractivity contribution in [2.24, 2.45) is 0 Å². The maximum Gasteiger partial charge on any atom is 0.309 e. The van der Waals surface area contributed by atoms with Gasteiger partial charge in [0.05, 0.1) is 13.5 Å². The first-order valence-corrected chi connectivity index (χ1v) is 6.58. The summed E-state index contributed by atoms with van der Waals surface area (Å²) in [6, 6.07) is 8.80. The molecular weight excluding hydrogens is 226 g/mol. The van der Waals surface area contributed by atoms with Gasteiger partial charge in [-0.2, -0.15) is 0 Å². The Bertz CT molecular complexity index is 417. The Balaban J connectivity index is 2.09. The van der Waals surface area contributed by atoms with Crippen LogP contribution in [0.2, 0.25) is 0 Å². The minimum atomic E-state index is -0.170. The van der Waals surface area contributed by atoms with Crippen LogP contribution in [0.3, 0.4) is 0 Å². The van der Waals surface area contributed by atoms with E-state index in [-0.39, 0.29) is 5.97 Å². The molecule has 1 aromatic carbocycles. The number of hydrogen-bond acceptors (Lipinski definition) is 3. The minimum Gasteiger partial charge on any atom is -0.469 e. The predicted octanol–water partition coefficient (Wildman–Crippen LogP) is 2.39. The second-order valence-electron chi connectivity index (χ2n) is 4.98. The van der Waals surface area contributed by atoms with Crippen molar-refractivity contribution in [1.82, 2.24) is 4.90 Å². The molecule has 1 aliphatic rings. The highest BCUT2D eigenvalue weighted by molar-refractivity contribution is 5.72. The average Bonchev–Trinajstić information content (AvgIpc) is 2.77. The number of nitrogens with zero attached hydrogens (tertiary/aromatic N) is 1. The van der Waals surface area contributed by atoms with E-state index in [4.69, 9.17) is 4.74 Å². The van der Waals surface area contributed by atoms with Crippen molar-refractivity contribution in [2.45, 2.75) is 38.8 Å². The van der Waals surface area contributed by atoms with Gasteiger partial charge in [0, 0.05) is 12.6 Å². The van der Waals surface area contributed by atoms with Gasteiger partial charge in [-0.15, -0.1) is 0 Å². The van der Waals surface area contributed by atoms with Gasteiger partial charge in [0.25, 0.3) is 0 Å². The molecule has 1 atom stereocenters. The minimum absolute atomic E-state index is 0.170. The fourth-order valence-corrected chi connectivity index (χ4v) is 2.56. The summed E-state index contributed by atoms with van der Waals surface area (Å²) in [5.74, 6) is -0.170. The lowest BCUT2D eigenvalue weighted by atomic mass is 10.0. The number of carbonyl (C=O) groups is 1. The van der Waals surface area contributed by atoms with E-state index in [2.05, 4.69) is 17.9 Å². The monoisotopic (exact) mass is 247 g/mol. The fourth-order valence-electron chi connectivity index (χ4n) is 2.56.